The topological polar surface area (TPSA) is 0 Å². The zero-order valence-corrected chi connectivity index (χ0v) is 9.13. The molecule has 0 N–H and O–H groups in total. The van der Waals surface area contributed by atoms with Crippen molar-refractivity contribution >= 4 is 0 Å². The molecule has 4 heavy (non-hydrogen) atoms. The molecule has 0 bridgehead atoms. The maximum absolute atomic E-state index is 0. The van der Waals surface area contributed by atoms with Gasteiger partial charge in [0, 0.05) is 82.7 Å². The summed E-state index contributed by atoms with van der Waals surface area (Å²) >= 11 is 0. The molecule has 0 aromatic rings. The summed E-state index contributed by atoms with van der Waals surface area (Å²) in [5.41, 5.74) is 0. The van der Waals surface area contributed by atoms with E-state index in [-0.39, 0.29) is 82.7 Å². The van der Waals surface area contributed by atoms with Gasteiger partial charge in [-0.05, 0) is 0 Å². The van der Waals surface area contributed by atoms with Crippen molar-refractivity contribution in [1.29, 1.82) is 0 Å². The van der Waals surface area contributed by atoms with Crippen LogP contribution in [0.15, 0.2) is 0 Å². The average molecular weight is 338 g/mol. The van der Waals surface area contributed by atoms with Crippen LogP contribution in [0, 0.1) is 0 Å². The van der Waals surface area contributed by atoms with Crippen molar-refractivity contribution in [2.45, 2.75) is 0 Å². The predicted octanol–water partition coefficient (Wildman–Crippen LogP) is -0.0100. The van der Waals surface area contributed by atoms with Gasteiger partial charge >= 0.3 is 0 Å². The minimum absolute atomic E-state index is 0. The summed E-state index contributed by atoms with van der Waals surface area (Å²) in [6.07, 6.45) is 0. The Hall–Kier alpha value is 2.65. The standard InChI is InChI=1S/Ag.Cd.2Ni. The normalized spacial score (nSPS) is 0. The van der Waals surface area contributed by atoms with Crippen LogP contribution in [0.3, 0.4) is 0 Å². The monoisotopic (exact) mass is 337 g/mol. The second kappa shape index (κ2) is 17.4. The molecule has 0 saturated heterocycles. The van der Waals surface area contributed by atoms with E-state index in [1.807, 2.05) is 0 Å². The van der Waals surface area contributed by atoms with E-state index in [9.17, 15) is 0 Å². The summed E-state index contributed by atoms with van der Waals surface area (Å²) < 4.78 is 0. The summed E-state index contributed by atoms with van der Waals surface area (Å²) in [5.74, 6) is 0. The van der Waals surface area contributed by atoms with Crippen molar-refractivity contribution in [2.75, 3.05) is 0 Å². The fraction of sp³-hybridized carbons (Fsp3) is 0. The van der Waals surface area contributed by atoms with Gasteiger partial charge < -0.3 is 0 Å². The number of hydrogen-bond donors (Lipinski definition) is 0. The summed E-state index contributed by atoms with van der Waals surface area (Å²) in [5, 5.41) is 0. The molecule has 1 radical (unpaired) electrons. The SMILES string of the molecule is [Ag].[Cd].[Ni].[Ni]. The maximum atomic E-state index is 0. The zero-order valence-electron chi connectivity index (χ0n) is 1.64. The minimum Gasteiger partial charge on any atom is 0 e. The van der Waals surface area contributed by atoms with Crippen LogP contribution in [-0.4, -0.2) is 0 Å². The number of rotatable bonds is 0. The second-order valence-electron chi connectivity index (χ2n) is 0. The molecule has 0 nitrogen and oxygen atoms in total. The quantitative estimate of drug-likeness (QED) is 0.546. The molecule has 0 fully saturated rings. The molecule has 0 unspecified atom stereocenters. The van der Waals surface area contributed by atoms with E-state index in [2.05, 4.69) is 0 Å². The molecule has 0 rings (SSSR count). The van der Waals surface area contributed by atoms with Gasteiger partial charge in [0.15, 0.2) is 0 Å². The summed E-state index contributed by atoms with van der Waals surface area (Å²) in [6, 6.07) is 0. The molecule has 0 aromatic heterocycles. The third kappa shape index (κ3) is 8.82. The number of hydrogen-bond acceptors (Lipinski definition) is 0. The van der Waals surface area contributed by atoms with Gasteiger partial charge in [-0.3, -0.25) is 0 Å². The summed E-state index contributed by atoms with van der Waals surface area (Å²) in [7, 11) is 0. The summed E-state index contributed by atoms with van der Waals surface area (Å²) in [6.45, 7) is 0. The van der Waals surface area contributed by atoms with E-state index in [1.54, 1.807) is 0 Å². The van der Waals surface area contributed by atoms with E-state index >= 15 is 0 Å². The Labute approximate surface area is 81.4 Å². The smallest absolute Gasteiger partial charge is 0 e. The molecule has 0 heterocycles. The predicted molar refractivity (Wildman–Crippen MR) is 0 cm³/mol. The van der Waals surface area contributed by atoms with Crippen LogP contribution in [-0.2, 0) is 82.7 Å². The van der Waals surface area contributed by atoms with Crippen LogP contribution < -0.4 is 0 Å². The van der Waals surface area contributed by atoms with Gasteiger partial charge in [-0.25, -0.2) is 0 Å². The van der Waals surface area contributed by atoms with Crippen molar-refractivity contribution in [1.82, 2.24) is 0 Å². The van der Waals surface area contributed by atoms with Crippen LogP contribution in [0.4, 0.5) is 0 Å². The first-order valence-corrected chi connectivity index (χ1v) is 0. The van der Waals surface area contributed by atoms with Gasteiger partial charge in [0.1, 0.15) is 0 Å². The van der Waals surface area contributed by atoms with E-state index in [0.717, 1.165) is 0 Å². The van der Waals surface area contributed by atoms with Crippen molar-refractivity contribution in [3.8, 4) is 0 Å². The van der Waals surface area contributed by atoms with Gasteiger partial charge in [-0.2, -0.15) is 0 Å². The fourth-order valence-electron chi connectivity index (χ4n) is 0. The van der Waals surface area contributed by atoms with Crippen LogP contribution in [0.5, 0.6) is 0 Å². The molecule has 0 amide bonds. The van der Waals surface area contributed by atoms with Crippen LogP contribution >= 0.6 is 0 Å². The average Bonchev–Trinajstić information content (AvgIpc) is 0. The largest absolute Gasteiger partial charge is 0 e. The third-order valence-corrected chi connectivity index (χ3v) is 0. The van der Waals surface area contributed by atoms with Crippen LogP contribution in [0.25, 0.3) is 0 Å². The summed E-state index contributed by atoms with van der Waals surface area (Å²) in [4.78, 5) is 0. The Kier molecular flexibility index (Phi) is 132. The molecule has 0 aliphatic rings. The van der Waals surface area contributed by atoms with Crippen molar-refractivity contribution in [3.05, 3.63) is 0 Å². The second-order valence-corrected chi connectivity index (χ2v) is 0. The van der Waals surface area contributed by atoms with Gasteiger partial charge in [0.2, 0.25) is 0 Å². The molecular weight excluding hydrogens is 338 g/mol. The molecule has 0 aliphatic heterocycles. The van der Waals surface area contributed by atoms with Crippen LogP contribution in [0.1, 0.15) is 0 Å². The maximum Gasteiger partial charge on any atom is 0 e. The van der Waals surface area contributed by atoms with Gasteiger partial charge in [0.25, 0.3) is 0 Å². The molecular formula is AgCdNi2. The molecule has 0 aliphatic carbocycles. The molecule has 33 valence electrons. The minimum atomic E-state index is 0. The molecule has 0 aromatic carbocycles. The van der Waals surface area contributed by atoms with E-state index in [4.69, 9.17) is 0 Å². The Bertz CT molecular complexity index is 6.00. The molecule has 0 atom stereocenters. The Morgan fingerprint density at radius 3 is 0.750 bits per heavy atom. The molecule has 0 saturated carbocycles. The first kappa shape index (κ1) is 30.2. The zero-order chi connectivity index (χ0) is 0. The van der Waals surface area contributed by atoms with Crippen molar-refractivity contribution in [2.24, 2.45) is 0 Å². The van der Waals surface area contributed by atoms with Gasteiger partial charge in [0.05, 0.1) is 0 Å². The first-order chi connectivity index (χ1) is 0. The van der Waals surface area contributed by atoms with Crippen LogP contribution in [0.2, 0.25) is 0 Å². The Morgan fingerprint density at radius 1 is 0.750 bits per heavy atom. The van der Waals surface area contributed by atoms with E-state index in [1.165, 1.54) is 0 Å². The first-order valence-electron chi connectivity index (χ1n) is 0. The van der Waals surface area contributed by atoms with Crippen molar-refractivity contribution in [3.63, 3.8) is 0 Å². The molecule has 0 spiro atoms. The third-order valence-electron chi connectivity index (χ3n) is 0. The van der Waals surface area contributed by atoms with Gasteiger partial charge in [-0.1, -0.05) is 0 Å². The Balaban J connectivity index is 0. The fourth-order valence-corrected chi connectivity index (χ4v) is 0. The molecule has 4 heteroatoms. The Morgan fingerprint density at radius 2 is 0.750 bits per heavy atom. The van der Waals surface area contributed by atoms with Crippen molar-refractivity contribution < 1.29 is 82.7 Å². The van der Waals surface area contributed by atoms with E-state index in [0.29, 0.717) is 0 Å². The van der Waals surface area contributed by atoms with E-state index < -0.39 is 0 Å². The van der Waals surface area contributed by atoms with Gasteiger partial charge in [-0.15, -0.1) is 0 Å².